The molecule has 2 aromatic rings. The van der Waals surface area contributed by atoms with E-state index in [1.54, 1.807) is 0 Å². The van der Waals surface area contributed by atoms with Crippen molar-refractivity contribution in [2.45, 2.75) is 13.8 Å². The van der Waals surface area contributed by atoms with Crippen LogP contribution in [0.3, 0.4) is 0 Å². The van der Waals surface area contributed by atoms with E-state index in [2.05, 4.69) is 32.7 Å². The Bertz CT molecular complexity index is 804. The molecule has 1 aromatic carbocycles. The molecule has 26 heavy (non-hydrogen) atoms. The molecule has 0 bridgehead atoms. The Morgan fingerprint density at radius 1 is 1.08 bits per heavy atom. The zero-order valence-corrected chi connectivity index (χ0v) is 15.2. The molecule has 1 aromatic heterocycles. The molecule has 3 rings (SSSR count). The Morgan fingerprint density at radius 2 is 1.77 bits per heavy atom. The molecular formula is C17H23N7O2. The highest BCUT2D eigenvalue weighted by Gasteiger charge is 2.25. The van der Waals surface area contributed by atoms with Gasteiger partial charge in [0.05, 0.1) is 4.92 Å². The van der Waals surface area contributed by atoms with Crippen LogP contribution in [-0.2, 0) is 0 Å². The number of nitrogens with one attached hydrogen (secondary N) is 2. The highest BCUT2D eigenvalue weighted by molar-refractivity contribution is 5.73. The van der Waals surface area contributed by atoms with Crippen LogP contribution in [-0.4, -0.2) is 58.0 Å². The monoisotopic (exact) mass is 357 g/mol. The second kappa shape index (κ2) is 7.63. The first-order chi connectivity index (χ1) is 12.4. The molecule has 2 heterocycles. The van der Waals surface area contributed by atoms with Crippen LogP contribution < -0.4 is 10.7 Å². The van der Waals surface area contributed by atoms with E-state index < -0.39 is 4.92 Å². The number of hydrogen-bond donors (Lipinski definition) is 2. The summed E-state index contributed by atoms with van der Waals surface area (Å²) in [6, 6.07) is 5.78. The van der Waals surface area contributed by atoms with E-state index in [0.29, 0.717) is 0 Å². The summed E-state index contributed by atoms with van der Waals surface area (Å²) in [5.74, 6) is 0.366. The molecule has 138 valence electrons. The predicted molar refractivity (Wildman–Crippen MR) is 101 cm³/mol. The van der Waals surface area contributed by atoms with Crippen molar-refractivity contribution in [3.8, 4) is 0 Å². The number of piperazine rings is 1. The molecule has 0 amide bonds. The molecule has 1 aliphatic rings. The zero-order valence-electron chi connectivity index (χ0n) is 15.2. The van der Waals surface area contributed by atoms with E-state index in [1.807, 2.05) is 37.1 Å². The Kier molecular flexibility index (Phi) is 5.29. The number of hydrazine groups is 1. The van der Waals surface area contributed by atoms with E-state index in [4.69, 9.17) is 0 Å². The Morgan fingerprint density at radius 3 is 2.42 bits per heavy atom. The summed E-state index contributed by atoms with van der Waals surface area (Å²) in [4.78, 5) is 21.6. The van der Waals surface area contributed by atoms with Gasteiger partial charge in [0.25, 0.3) is 0 Å². The van der Waals surface area contributed by atoms with Crippen molar-refractivity contribution in [2.75, 3.05) is 44.0 Å². The van der Waals surface area contributed by atoms with Gasteiger partial charge in [-0.05, 0) is 44.2 Å². The molecule has 0 atom stereocenters. The van der Waals surface area contributed by atoms with Crippen molar-refractivity contribution in [3.63, 3.8) is 0 Å². The van der Waals surface area contributed by atoms with Gasteiger partial charge in [0.15, 0.2) is 0 Å². The van der Waals surface area contributed by atoms with Crippen LogP contribution in [0.5, 0.6) is 0 Å². The zero-order chi connectivity index (χ0) is 18.7. The second-order valence-corrected chi connectivity index (χ2v) is 6.50. The fourth-order valence-electron chi connectivity index (χ4n) is 2.75. The van der Waals surface area contributed by atoms with Gasteiger partial charge in [0.1, 0.15) is 6.33 Å². The average molecular weight is 357 g/mol. The number of nitro groups is 1. The summed E-state index contributed by atoms with van der Waals surface area (Å²) in [6.07, 6.45) is 1.33. The lowest BCUT2D eigenvalue weighted by molar-refractivity contribution is -0.383. The summed E-state index contributed by atoms with van der Waals surface area (Å²) < 4.78 is 0. The van der Waals surface area contributed by atoms with Gasteiger partial charge >= 0.3 is 5.69 Å². The van der Waals surface area contributed by atoms with E-state index in [-0.39, 0.29) is 17.3 Å². The van der Waals surface area contributed by atoms with E-state index in [1.165, 1.54) is 6.33 Å². The highest BCUT2D eigenvalue weighted by atomic mass is 16.6. The van der Waals surface area contributed by atoms with Crippen LogP contribution in [0.25, 0.3) is 0 Å². The lowest BCUT2D eigenvalue weighted by atomic mass is 10.1. The third-order valence-corrected chi connectivity index (χ3v) is 4.54. The largest absolute Gasteiger partial charge is 0.354 e. The summed E-state index contributed by atoms with van der Waals surface area (Å²) in [7, 11) is 2.05. The molecule has 0 spiro atoms. The predicted octanol–water partition coefficient (Wildman–Crippen LogP) is 2.32. The molecular weight excluding hydrogens is 334 g/mol. The second-order valence-electron chi connectivity index (χ2n) is 6.50. The molecule has 2 N–H and O–H groups in total. The molecule has 9 nitrogen and oxygen atoms in total. The normalized spacial score (nSPS) is 15.7. The third kappa shape index (κ3) is 4.06. The maximum absolute atomic E-state index is 11.7. The topological polar surface area (TPSA) is 99.5 Å². The number of aryl methyl sites for hydroxylation is 2. The minimum atomic E-state index is -0.457. The van der Waals surface area contributed by atoms with Gasteiger partial charge < -0.3 is 10.2 Å². The Hall–Kier alpha value is -2.78. The van der Waals surface area contributed by atoms with E-state index >= 15 is 0 Å². The first-order valence-electron chi connectivity index (χ1n) is 8.48. The Labute approximate surface area is 152 Å². The number of rotatable bonds is 5. The number of likely N-dealkylation sites (N-methyl/N-ethyl adjacent to an activating group) is 1. The molecule has 0 saturated carbocycles. The van der Waals surface area contributed by atoms with E-state index in [0.717, 1.165) is 43.0 Å². The lowest BCUT2D eigenvalue weighted by Crippen LogP contribution is -2.47. The molecule has 1 aliphatic heterocycles. The maximum Gasteiger partial charge on any atom is 0.354 e. The minimum Gasteiger partial charge on any atom is -0.334 e. The smallest absolute Gasteiger partial charge is 0.334 e. The van der Waals surface area contributed by atoms with Crippen molar-refractivity contribution in [2.24, 2.45) is 0 Å². The third-order valence-electron chi connectivity index (χ3n) is 4.54. The molecule has 0 unspecified atom stereocenters. The number of benzene rings is 1. The number of hydrogen-bond acceptors (Lipinski definition) is 8. The van der Waals surface area contributed by atoms with Crippen LogP contribution in [0.2, 0.25) is 0 Å². The van der Waals surface area contributed by atoms with Crippen LogP contribution in [0.4, 0.5) is 23.0 Å². The van der Waals surface area contributed by atoms with Gasteiger partial charge in [-0.3, -0.25) is 15.5 Å². The number of anilines is 3. The van der Waals surface area contributed by atoms with Gasteiger partial charge in [-0.25, -0.2) is 15.0 Å². The summed E-state index contributed by atoms with van der Waals surface area (Å²) >= 11 is 0. The number of aromatic nitrogens is 2. The van der Waals surface area contributed by atoms with Crippen LogP contribution >= 0.6 is 0 Å². The molecule has 0 aliphatic carbocycles. The molecule has 9 heteroatoms. The van der Waals surface area contributed by atoms with Crippen LogP contribution in [0.15, 0.2) is 24.5 Å². The van der Waals surface area contributed by atoms with E-state index in [9.17, 15) is 10.1 Å². The Balaban J connectivity index is 1.86. The SMILES string of the molecule is Cc1ccc(Nc2ncnc(NN3CCN(C)CC3)c2[N+](=O)[O-])cc1C. The van der Waals surface area contributed by atoms with Crippen molar-refractivity contribution in [3.05, 3.63) is 45.8 Å². The fourth-order valence-corrected chi connectivity index (χ4v) is 2.75. The lowest BCUT2D eigenvalue weighted by Gasteiger charge is -2.32. The van der Waals surface area contributed by atoms with Crippen molar-refractivity contribution < 1.29 is 4.92 Å². The summed E-state index contributed by atoms with van der Waals surface area (Å²) in [5.41, 5.74) is 5.92. The van der Waals surface area contributed by atoms with Gasteiger partial charge in [-0.2, -0.15) is 0 Å². The minimum absolute atomic E-state index is 0.162. The van der Waals surface area contributed by atoms with Crippen molar-refractivity contribution in [1.29, 1.82) is 0 Å². The quantitative estimate of drug-likeness (QED) is 0.621. The van der Waals surface area contributed by atoms with Crippen LogP contribution in [0.1, 0.15) is 11.1 Å². The first-order valence-corrected chi connectivity index (χ1v) is 8.48. The molecule has 1 fully saturated rings. The van der Waals surface area contributed by atoms with Gasteiger partial charge in [0, 0.05) is 31.9 Å². The van der Waals surface area contributed by atoms with Gasteiger partial charge in [0.2, 0.25) is 11.6 Å². The van der Waals surface area contributed by atoms with Gasteiger partial charge in [-0.1, -0.05) is 6.07 Å². The average Bonchev–Trinajstić information content (AvgIpc) is 2.60. The van der Waals surface area contributed by atoms with Crippen molar-refractivity contribution >= 4 is 23.0 Å². The molecule has 0 radical (unpaired) electrons. The van der Waals surface area contributed by atoms with Gasteiger partial charge in [-0.15, -0.1) is 0 Å². The standard InChI is InChI=1S/C17H23N7O2/c1-12-4-5-14(10-13(12)2)20-16-15(24(25)26)17(19-11-18-16)21-23-8-6-22(3)7-9-23/h4-5,10-11H,6-9H2,1-3H3,(H2,18,19,20,21). The summed E-state index contributed by atoms with van der Waals surface area (Å²) in [5, 5.41) is 16.7. The fraction of sp³-hybridized carbons (Fsp3) is 0.412. The highest BCUT2D eigenvalue weighted by Crippen LogP contribution is 2.31. The molecule has 1 saturated heterocycles. The first kappa shape index (κ1) is 18.0. The summed E-state index contributed by atoms with van der Waals surface area (Å²) in [6.45, 7) is 7.31. The van der Waals surface area contributed by atoms with Crippen LogP contribution in [0, 0.1) is 24.0 Å². The number of nitrogens with zero attached hydrogens (tertiary/aromatic N) is 5. The maximum atomic E-state index is 11.7. The van der Waals surface area contributed by atoms with Crippen molar-refractivity contribution in [1.82, 2.24) is 19.9 Å².